The molecule has 5 heteroatoms. The molecule has 0 aromatic carbocycles. The third-order valence-electron chi connectivity index (χ3n) is 2.89. The van der Waals surface area contributed by atoms with Gasteiger partial charge >= 0.3 is 5.97 Å². The molecule has 0 spiro atoms. The van der Waals surface area contributed by atoms with Crippen molar-refractivity contribution in [3.63, 3.8) is 0 Å². The van der Waals surface area contributed by atoms with E-state index in [1.807, 2.05) is 0 Å². The van der Waals surface area contributed by atoms with E-state index in [4.69, 9.17) is 11.3 Å². The first-order valence-electron chi connectivity index (χ1n) is 5.15. The molecule has 1 saturated carbocycles. The molecule has 2 amide bonds. The molecule has 1 aliphatic heterocycles. The van der Waals surface area contributed by atoms with Crippen molar-refractivity contribution in [2.75, 3.05) is 0 Å². The van der Waals surface area contributed by atoms with E-state index < -0.39 is 17.8 Å². The van der Waals surface area contributed by atoms with Crippen LogP contribution in [0.4, 0.5) is 0 Å². The van der Waals surface area contributed by atoms with Gasteiger partial charge in [0.2, 0.25) is 0 Å². The zero-order valence-electron chi connectivity index (χ0n) is 8.64. The van der Waals surface area contributed by atoms with E-state index in [0.717, 1.165) is 0 Å². The van der Waals surface area contributed by atoms with Crippen molar-refractivity contribution in [1.82, 2.24) is 5.06 Å². The monoisotopic (exact) mass is 221 g/mol. The number of hydrogen-bond donors (Lipinski definition) is 0. The summed E-state index contributed by atoms with van der Waals surface area (Å²) in [7, 11) is 0. The van der Waals surface area contributed by atoms with Crippen molar-refractivity contribution < 1.29 is 19.2 Å². The third kappa shape index (κ3) is 1.78. The molecule has 1 aliphatic carbocycles. The number of hydrogen-bond acceptors (Lipinski definition) is 4. The summed E-state index contributed by atoms with van der Waals surface area (Å²) >= 11 is 0. The molecule has 1 saturated heterocycles. The first-order chi connectivity index (χ1) is 7.61. The lowest BCUT2D eigenvalue weighted by Crippen LogP contribution is -2.38. The van der Waals surface area contributed by atoms with Crippen LogP contribution >= 0.6 is 0 Å². The van der Waals surface area contributed by atoms with Gasteiger partial charge in [-0.1, -0.05) is 0 Å². The minimum Gasteiger partial charge on any atom is -0.330 e. The lowest BCUT2D eigenvalue weighted by Gasteiger charge is -2.30. The van der Waals surface area contributed by atoms with Gasteiger partial charge < -0.3 is 4.84 Å². The Morgan fingerprint density at radius 3 is 2.38 bits per heavy atom. The van der Waals surface area contributed by atoms with Crippen LogP contribution in [-0.2, 0) is 19.2 Å². The number of terminal acetylenes is 1. The Kier molecular flexibility index (Phi) is 2.65. The molecular formula is C11H11NO4. The summed E-state index contributed by atoms with van der Waals surface area (Å²) in [5.74, 6) is 0.942. The minimum absolute atomic E-state index is 0.113. The van der Waals surface area contributed by atoms with Crippen molar-refractivity contribution in [2.45, 2.75) is 25.7 Å². The average molecular weight is 221 g/mol. The Hall–Kier alpha value is -1.83. The van der Waals surface area contributed by atoms with E-state index in [2.05, 4.69) is 5.92 Å². The molecule has 2 rings (SSSR count). The highest BCUT2D eigenvalue weighted by Crippen LogP contribution is 2.34. The number of rotatable bonds is 2. The summed E-state index contributed by atoms with van der Waals surface area (Å²) in [6.45, 7) is 0. The summed E-state index contributed by atoms with van der Waals surface area (Å²) in [4.78, 5) is 38.6. The maximum Gasteiger partial charge on any atom is 0.336 e. The predicted octanol–water partition coefficient (Wildman–Crippen LogP) is 0.253. The van der Waals surface area contributed by atoms with Gasteiger partial charge in [-0.15, -0.1) is 17.4 Å². The van der Waals surface area contributed by atoms with E-state index in [1.54, 1.807) is 0 Å². The first-order valence-corrected chi connectivity index (χ1v) is 5.15. The highest BCUT2D eigenvalue weighted by atomic mass is 16.7. The number of amides is 2. The van der Waals surface area contributed by atoms with Crippen LogP contribution in [0.1, 0.15) is 25.7 Å². The van der Waals surface area contributed by atoms with Crippen LogP contribution in [0.25, 0.3) is 0 Å². The molecule has 1 heterocycles. The van der Waals surface area contributed by atoms with Crippen LogP contribution in [0, 0.1) is 24.2 Å². The average Bonchev–Trinajstić information content (AvgIpc) is 2.48. The Morgan fingerprint density at radius 2 is 1.88 bits per heavy atom. The fourth-order valence-electron chi connectivity index (χ4n) is 1.77. The van der Waals surface area contributed by atoms with E-state index in [9.17, 15) is 14.4 Å². The second-order valence-electron chi connectivity index (χ2n) is 4.02. The molecule has 0 atom stereocenters. The topological polar surface area (TPSA) is 63.7 Å². The zero-order valence-corrected chi connectivity index (χ0v) is 8.64. The molecular weight excluding hydrogens is 210 g/mol. The molecule has 16 heavy (non-hydrogen) atoms. The van der Waals surface area contributed by atoms with Gasteiger partial charge in [-0.25, -0.2) is 4.79 Å². The molecule has 84 valence electrons. The Balaban J connectivity index is 1.87. The summed E-state index contributed by atoms with van der Waals surface area (Å²) in [5, 5.41) is 0.575. The number of imide groups is 1. The van der Waals surface area contributed by atoms with E-state index >= 15 is 0 Å². The van der Waals surface area contributed by atoms with Crippen LogP contribution in [0.3, 0.4) is 0 Å². The largest absolute Gasteiger partial charge is 0.336 e. The second kappa shape index (κ2) is 3.97. The van der Waals surface area contributed by atoms with Gasteiger partial charge in [0, 0.05) is 18.8 Å². The maximum absolute atomic E-state index is 11.5. The quantitative estimate of drug-likeness (QED) is 0.495. The second-order valence-corrected chi connectivity index (χ2v) is 4.02. The number of nitrogens with zero attached hydrogens (tertiary/aromatic N) is 1. The minimum atomic E-state index is -0.532. The number of carbonyl (C=O) groups is 3. The third-order valence-corrected chi connectivity index (χ3v) is 2.89. The Labute approximate surface area is 92.7 Å². The summed E-state index contributed by atoms with van der Waals surface area (Å²) < 4.78 is 0. The summed E-state index contributed by atoms with van der Waals surface area (Å²) in [6.07, 6.45) is 6.56. The van der Waals surface area contributed by atoms with Crippen molar-refractivity contribution in [3.8, 4) is 12.3 Å². The smallest absolute Gasteiger partial charge is 0.330 e. The van der Waals surface area contributed by atoms with Gasteiger partial charge in [-0.3, -0.25) is 9.59 Å². The van der Waals surface area contributed by atoms with E-state index in [1.165, 1.54) is 0 Å². The molecule has 0 aromatic heterocycles. The standard InChI is InChI=1S/C11H11NO4/c1-2-7-5-8(6-7)11(15)16-12-9(13)3-4-10(12)14/h1,7-8H,3-6H2. The molecule has 0 radical (unpaired) electrons. The van der Waals surface area contributed by atoms with Gasteiger partial charge in [-0.2, -0.15) is 0 Å². The van der Waals surface area contributed by atoms with Gasteiger partial charge in [0.25, 0.3) is 11.8 Å². The van der Waals surface area contributed by atoms with Crippen LogP contribution < -0.4 is 0 Å². The van der Waals surface area contributed by atoms with Gasteiger partial charge in [0.15, 0.2) is 0 Å². The number of hydroxylamine groups is 2. The Morgan fingerprint density at radius 1 is 1.31 bits per heavy atom. The van der Waals surface area contributed by atoms with Crippen LogP contribution in [-0.4, -0.2) is 22.8 Å². The molecule has 0 bridgehead atoms. The van der Waals surface area contributed by atoms with Crippen molar-refractivity contribution >= 4 is 17.8 Å². The summed E-state index contributed by atoms with van der Waals surface area (Å²) in [6, 6.07) is 0. The molecule has 2 aliphatic rings. The normalized spacial score (nSPS) is 28.6. The number of carbonyl (C=O) groups excluding carboxylic acids is 3. The highest BCUT2D eigenvalue weighted by molar-refractivity contribution is 6.01. The first kappa shape index (κ1) is 10.7. The zero-order chi connectivity index (χ0) is 11.7. The summed E-state index contributed by atoms with van der Waals surface area (Å²) in [5.41, 5.74) is 0. The van der Waals surface area contributed by atoms with Crippen molar-refractivity contribution in [1.29, 1.82) is 0 Å². The maximum atomic E-state index is 11.5. The molecule has 0 aromatic rings. The van der Waals surface area contributed by atoms with Crippen molar-refractivity contribution in [2.24, 2.45) is 11.8 Å². The molecule has 0 N–H and O–H groups in total. The molecule has 0 unspecified atom stereocenters. The van der Waals surface area contributed by atoms with Gasteiger partial charge in [-0.05, 0) is 12.8 Å². The van der Waals surface area contributed by atoms with Gasteiger partial charge in [0.1, 0.15) is 0 Å². The lowest BCUT2D eigenvalue weighted by molar-refractivity contribution is -0.203. The SMILES string of the molecule is C#CC1CC(C(=O)ON2C(=O)CCC2=O)C1. The Bertz CT molecular complexity index is 373. The van der Waals surface area contributed by atoms with E-state index in [0.29, 0.717) is 17.9 Å². The predicted molar refractivity (Wildman–Crippen MR) is 52.2 cm³/mol. The highest BCUT2D eigenvalue weighted by Gasteiger charge is 2.39. The van der Waals surface area contributed by atoms with E-state index in [-0.39, 0.29) is 24.7 Å². The van der Waals surface area contributed by atoms with Gasteiger partial charge in [0.05, 0.1) is 5.92 Å². The fraction of sp³-hybridized carbons (Fsp3) is 0.545. The van der Waals surface area contributed by atoms with Crippen LogP contribution in [0.2, 0.25) is 0 Å². The molecule has 5 nitrogen and oxygen atoms in total. The van der Waals surface area contributed by atoms with Crippen LogP contribution in [0.15, 0.2) is 0 Å². The van der Waals surface area contributed by atoms with Crippen molar-refractivity contribution in [3.05, 3.63) is 0 Å². The van der Waals surface area contributed by atoms with Crippen LogP contribution in [0.5, 0.6) is 0 Å². The fourth-order valence-corrected chi connectivity index (χ4v) is 1.77. The molecule has 2 fully saturated rings. The lowest BCUT2D eigenvalue weighted by atomic mass is 9.75.